The molecule has 20 heavy (non-hydrogen) atoms. The Bertz CT molecular complexity index is 638. The minimum Gasteiger partial charge on any atom is -0.323 e. The van der Waals surface area contributed by atoms with Gasteiger partial charge in [0, 0.05) is 24.4 Å². The van der Waals surface area contributed by atoms with Crippen LogP contribution in [0, 0.1) is 6.92 Å². The molecule has 0 radical (unpaired) electrons. The molecule has 2 atom stereocenters. The lowest BCUT2D eigenvalue weighted by Crippen LogP contribution is -2.47. The number of hydrogen-bond donors (Lipinski definition) is 0. The molecule has 2 aromatic rings. The van der Waals surface area contributed by atoms with Crippen molar-refractivity contribution >= 4 is 5.52 Å². The second-order valence-electron chi connectivity index (χ2n) is 6.57. The van der Waals surface area contributed by atoms with Gasteiger partial charge in [0.1, 0.15) is 0 Å². The van der Waals surface area contributed by atoms with Crippen LogP contribution in [0.3, 0.4) is 0 Å². The molecular formula is C18H24N2. The quantitative estimate of drug-likeness (QED) is 0.804. The van der Waals surface area contributed by atoms with Crippen LogP contribution in [0.5, 0.6) is 0 Å². The van der Waals surface area contributed by atoms with Crippen LogP contribution in [-0.4, -0.2) is 28.4 Å². The number of aryl methyl sites for hydroxylation is 1. The summed E-state index contributed by atoms with van der Waals surface area (Å²) >= 11 is 0. The molecule has 0 bridgehead atoms. The number of rotatable bonds is 2. The number of fused-ring (bicyclic) bond motifs is 2. The lowest BCUT2D eigenvalue weighted by atomic mass is 9.76. The monoisotopic (exact) mass is 268 g/mol. The van der Waals surface area contributed by atoms with Crippen molar-refractivity contribution in [2.45, 2.75) is 51.5 Å². The Labute approximate surface area is 121 Å². The Balaban J connectivity index is 1.85. The van der Waals surface area contributed by atoms with E-state index in [1.165, 1.54) is 49.9 Å². The molecule has 0 amide bonds. The van der Waals surface area contributed by atoms with Crippen LogP contribution in [0.2, 0.25) is 0 Å². The van der Waals surface area contributed by atoms with Crippen LogP contribution in [0.1, 0.15) is 48.8 Å². The first-order chi connectivity index (χ1) is 9.79. The average molecular weight is 268 g/mol. The molecule has 0 saturated carbocycles. The molecule has 0 spiro atoms. The van der Waals surface area contributed by atoms with Crippen molar-refractivity contribution in [2.75, 3.05) is 13.1 Å². The minimum atomic E-state index is 0.739. The van der Waals surface area contributed by atoms with Crippen LogP contribution >= 0.6 is 0 Å². The van der Waals surface area contributed by atoms with E-state index in [0.717, 1.165) is 12.0 Å². The maximum absolute atomic E-state index is 2.76. The van der Waals surface area contributed by atoms with Gasteiger partial charge in [0.05, 0.1) is 5.52 Å². The molecule has 1 aliphatic heterocycles. The molecule has 0 aromatic carbocycles. The molecule has 2 heteroatoms. The Morgan fingerprint density at radius 1 is 1.35 bits per heavy atom. The van der Waals surface area contributed by atoms with Crippen molar-refractivity contribution in [3.63, 3.8) is 0 Å². The highest BCUT2D eigenvalue weighted by molar-refractivity contribution is 5.68. The lowest BCUT2D eigenvalue weighted by Gasteiger charge is -2.44. The standard InChI is InChI=1S/C18H24N2/c1-3-8-19-9-4-6-14-15-7-5-10-20-12-13(2)16(18(15)20)11-17(14)19/h5,7,10,12,14,17H,3-4,6,8-9,11H2,1-2H3/t14-,17-/m1/s1. The van der Waals surface area contributed by atoms with Crippen molar-refractivity contribution in [1.29, 1.82) is 0 Å². The maximum Gasteiger partial charge on any atom is 0.0520 e. The number of likely N-dealkylation sites (tertiary alicyclic amines) is 1. The van der Waals surface area contributed by atoms with E-state index >= 15 is 0 Å². The normalized spacial score (nSPS) is 25.9. The van der Waals surface area contributed by atoms with Gasteiger partial charge in [-0.1, -0.05) is 13.0 Å². The predicted octanol–water partition coefficient (Wildman–Crippen LogP) is 3.76. The number of nitrogens with zero attached hydrogens (tertiary/aromatic N) is 2. The second kappa shape index (κ2) is 4.63. The van der Waals surface area contributed by atoms with Gasteiger partial charge in [0.25, 0.3) is 0 Å². The van der Waals surface area contributed by atoms with E-state index in [9.17, 15) is 0 Å². The SMILES string of the molecule is CCCN1CCC[C@@H]2c3cccn4cc(C)c(c34)C[C@H]21. The van der Waals surface area contributed by atoms with E-state index in [0.29, 0.717) is 0 Å². The van der Waals surface area contributed by atoms with E-state index in [-0.39, 0.29) is 0 Å². The summed E-state index contributed by atoms with van der Waals surface area (Å²) in [5.74, 6) is 0.751. The van der Waals surface area contributed by atoms with Crippen molar-refractivity contribution in [3.05, 3.63) is 41.2 Å². The van der Waals surface area contributed by atoms with Crippen LogP contribution in [0.4, 0.5) is 0 Å². The number of pyridine rings is 1. The summed E-state index contributed by atoms with van der Waals surface area (Å²) in [4.78, 5) is 2.76. The molecule has 0 N–H and O–H groups in total. The topological polar surface area (TPSA) is 7.65 Å². The maximum atomic E-state index is 2.76. The van der Waals surface area contributed by atoms with E-state index in [1.807, 2.05) is 0 Å². The van der Waals surface area contributed by atoms with Gasteiger partial charge in [0.2, 0.25) is 0 Å². The van der Waals surface area contributed by atoms with E-state index in [1.54, 1.807) is 11.1 Å². The fraction of sp³-hybridized carbons (Fsp3) is 0.556. The molecule has 0 unspecified atom stereocenters. The highest BCUT2D eigenvalue weighted by atomic mass is 15.2. The number of hydrogen-bond acceptors (Lipinski definition) is 1. The zero-order valence-electron chi connectivity index (χ0n) is 12.6. The van der Waals surface area contributed by atoms with Gasteiger partial charge in [-0.2, -0.15) is 0 Å². The Kier molecular flexibility index (Phi) is 2.88. The molecule has 2 aromatic heterocycles. The smallest absolute Gasteiger partial charge is 0.0520 e. The van der Waals surface area contributed by atoms with Crippen molar-refractivity contribution in [3.8, 4) is 0 Å². The third kappa shape index (κ3) is 1.67. The first-order valence-corrected chi connectivity index (χ1v) is 8.12. The lowest BCUT2D eigenvalue weighted by molar-refractivity contribution is 0.124. The van der Waals surface area contributed by atoms with Gasteiger partial charge in [-0.05, 0) is 68.5 Å². The van der Waals surface area contributed by atoms with Gasteiger partial charge in [-0.25, -0.2) is 0 Å². The summed E-state index contributed by atoms with van der Waals surface area (Å²) in [7, 11) is 0. The summed E-state index contributed by atoms with van der Waals surface area (Å²) in [6, 6.07) is 5.35. The minimum absolute atomic E-state index is 0.739. The summed E-state index contributed by atoms with van der Waals surface area (Å²) in [6.07, 6.45) is 9.78. The molecule has 2 aliphatic rings. The zero-order chi connectivity index (χ0) is 13.7. The van der Waals surface area contributed by atoms with Crippen molar-refractivity contribution in [1.82, 2.24) is 9.30 Å². The summed E-state index contributed by atoms with van der Waals surface area (Å²) in [5.41, 5.74) is 6.19. The largest absolute Gasteiger partial charge is 0.323 e. The Morgan fingerprint density at radius 3 is 3.10 bits per heavy atom. The van der Waals surface area contributed by atoms with Gasteiger partial charge < -0.3 is 4.40 Å². The van der Waals surface area contributed by atoms with Crippen LogP contribution in [0.25, 0.3) is 5.52 Å². The Hall–Kier alpha value is -1.28. The van der Waals surface area contributed by atoms with E-state index < -0.39 is 0 Å². The van der Waals surface area contributed by atoms with Crippen molar-refractivity contribution in [2.24, 2.45) is 0 Å². The van der Waals surface area contributed by atoms with Crippen LogP contribution < -0.4 is 0 Å². The average Bonchev–Trinajstić information content (AvgIpc) is 2.78. The molecule has 3 heterocycles. The highest BCUT2D eigenvalue weighted by Gasteiger charge is 2.37. The van der Waals surface area contributed by atoms with Gasteiger partial charge in [-0.3, -0.25) is 4.90 Å². The summed E-state index contributed by atoms with van der Waals surface area (Å²) < 4.78 is 2.36. The van der Waals surface area contributed by atoms with E-state index in [4.69, 9.17) is 0 Å². The zero-order valence-corrected chi connectivity index (χ0v) is 12.6. The molecule has 4 rings (SSSR count). The molecule has 1 fully saturated rings. The van der Waals surface area contributed by atoms with E-state index in [2.05, 4.69) is 47.7 Å². The number of aromatic nitrogens is 1. The summed E-state index contributed by atoms with van der Waals surface area (Å²) in [5, 5.41) is 0. The van der Waals surface area contributed by atoms with Crippen molar-refractivity contribution < 1.29 is 0 Å². The fourth-order valence-corrected chi connectivity index (χ4v) is 4.54. The van der Waals surface area contributed by atoms with Gasteiger partial charge in [-0.15, -0.1) is 0 Å². The third-order valence-corrected chi connectivity index (χ3v) is 5.37. The Morgan fingerprint density at radius 2 is 2.25 bits per heavy atom. The van der Waals surface area contributed by atoms with Gasteiger partial charge in [0.15, 0.2) is 0 Å². The first-order valence-electron chi connectivity index (χ1n) is 8.12. The first kappa shape index (κ1) is 12.5. The van der Waals surface area contributed by atoms with Gasteiger partial charge >= 0.3 is 0 Å². The predicted molar refractivity (Wildman–Crippen MR) is 83.5 cm³/mol. The highest BCUT2D eigenvalue weighted by Crippen LogP contribution is 2.42. The second-order valence-corrected chi connectivity index (χ2v) is 6.57. The third-order valence-electron chi connectivity index (χ3n) is 5.37. The fourth-order valence-electron chi connectivity index (χ4n) is 4.54. The van der Waals surface area contributed by atoms with Crippen LogP contribution in [0.15, 0.2) is 24.5 Å². The molecule has 1 saturated heterocycles. The molecule has 2 nitrogen and oxygen atoms in total. The summed E-state index contributed by atoms with van der Waals surface area (Å²) in [6.45, 7) is 7.15. The van der Waals surface area contributed by atoms with Crippen LogP contribution in [-0.2, 0) is 6.42 Å². The molecule has 1 aliphatic carbocycles. The molecule has 106 valence electrons. The molecular weight excluding hydrogens is 244 g/mol. The number of piperidine rings is 1.